The molecule has 22 heavy (non-hydrogen) atoms. The van der Waals surface area contributed by atoms with E-state index >= 15 is 0 Å². The molecule has 1 saturated heterocycles. The number of benzene rings is 1. The summed E-state index contributed by atoms with van der Waals surface area (Å²) in [6.45, 7) is 3.84. The summed E-state index contributed by atoms with van der Waals surface area (Å²) in [5.74, 6) is 0. The van der Waals surface area contributed by atoms with Crippen molar-refractivity contribution < 1.29 is 9.53 Å². The van der Waals surface area contributed by atoms with Gasteiger partial charge in [-0.3, -0.25) is 4.98 Å². The number of amides is 1. The van der Waals surface area contributed by atoms with Crippen molar-refractivity contribution in [3.8, 4) is 0 Å². The van der Waals surface area contributed by atoms with E-state index in [2.05, 4.69) is 23.2 Å². The van der Waals surface area contributed by atoms with Crippen LogP contribution >= 0.6 is 11.8 Å². The number of rotatable bonds is 3. The molecule has 0 bridgehead atoms. The summed E-state index contributed by atoms with van der Waals surface area (Å²) in [5.41, 5.74) is 1.04. The van der Waals surface area contributed by atoms with Gasteiger partial charge in [0, 0.05) is 34.8 Å². The Kier molecular flexibility index (Phi) is 4.83. The average molecular weight is 316 g/mol. The van der Waals surface area contributed by atoms with Crippen molar-refractivity contribution in [3.05, 3.63) is 36.5 Å². The highest BCUT2D eigenvalue weighted by Crippen LogP contribution is 2.34. The Morgan fingerprint density at radius 1 is 1.32 bits per heavy atom. The third-order valence-corrected chi connectivity index (χ3v) is 5.29. The van der Waals surface area contributed by atoms with Gasteiger partial charge in [-0.05, 0) is 31.9 Å². The minimum absolute atomic E-state index is 0.180. The molecule has 0 atom stereocenters. The van der Waals surface area contributed by atoms with E-state index in [1.807, 2.05) is 41.9 Å². The summed E-state index contributed by atoms with van der Waals surface area (Å²) >= 11 is 1.90. The molecule has 1 aromatic heterocycles. The highest BCUT2D eigenvalue weighted by molar-refractivity contribution is 8.00. The lowest BCUT2D eigenvalue weighted by atomic mass is 10.1. The maximum Gasteiger partial charge on any atom is 0.409 e. The first-order valence-electron chi connectivity index (χ1n) is 7.70. The number of aromatic nitrogens is 1. The van der Waals surface area contributed by atoms with Crippen molar-refractivity contribution in [2.75, 3.05) is 19.7 Å². The number of thioether (sulfide) groups is 1. The Bertz CT molecular complexity index is 649. The van der Waals surface area contributed by atoms with Crippen LogP contribution in [0.2, 0.25) is 0 Å². The predicted octanol–water partition coefficient (Wildman–Crippen LogP) is 3.95. The van der Waals surface area contributed by atoms with Crippen LogP contribution in [0.15, 0.2) is 41.4 Å². The van der Waals surface area contributed by atoms with Gasteiger partial charge < -0.3 is 9.64 Å². The van der Waals surface area contributed by atoms with Crippen LogP contribution in [-0.4, -0.2) is 40.9 Å². The van der Waals surface area contributed by atoms with Crippen LogP contribution in [0.1, 0.15) is 19.8 Å². The fourth-order valence-electron chi connectivity index (χ4n) is 2.72. The molecule has 116 valence electrons. The van der Waals surface area contributed by atoms with E-state index in [0.29, 0.717) is 11.9 Å². The number of fused-ring (bicyclic) bond motifs is 1. The molecule has 4 nitrogen and oxygen atoms in total. The maximum atomic E-state index is 11.7. The quantitative estimate of drug-likeness (QED) is 0.860. The summed E-state index contributed by atoms with van der Waals surface area (Å²) < 4.78 is 5.06. The van der Waals surface area contributed by atoms with Crippen LogP contribution in [0.4, 0.5) is 4.79 Å². The lowest BCUT2D eigenvalue weighted by Gasteiger charge is -2.31. The zero-order valence-electron chi connectivity index (χ0n) is 12.7. The number of ether oxygens (including phenoxy) is 1. The van der Waals surface area contributed by atoms with Gasteiger partial charge in [0.15, 0.2) is 0 Å². The molecule has 0 radical (unpaired) electrons. The molecule has 2 heterocycles. The molecule has 0 aliphatic carbocycles. The molecular weight excluding hydrogens is 296 g/mol. The van der Waals surface area contributed by atoms with Crippen LogP contribution in [0.25, 0.3) is 10.9 Å². The topological polar surface area (TPSA) is 42.4 Å². The number of carbonyl (C=O) groups is 1. The average Bonchev–Trinajstić information content (AvgIpc) is 2.56. The van der Waals surface area contributed by atoms with Crippen molar-refractivity contribution in [2.45, 2.75) is 29.9 Å². The Morgan fingerprint density at radius 3 is 2.86 bits per heavy atom. The van der Waals surface area contributed by atoms with Crippen molar-refractivity contribution in [3.63, 3.8) is 0 Å². The lowest BCUT2D eigenvalue weighted by Crippen LogP contribution is -2.39. The minimum atomic E-state index is -0.180. The van der Waals surface area contributed by atoms with Crippen molar-refractivity contribution >= 4 is 28.8 Å². The molecule has 3 rings (SSSR count). The number of carbonyl (C=O) groups excluding carboxylic acids is 1. The second-order valence-electron chi connectivity index (χ2n) is 5.33. The number of pyridine rings is 1. The van der Waals surface area contributed by atoms with Gasteiger partial charge in [-0.15, -0.1) is 11.8 Å². The summed E-state index contributed by atoms with van der Waals surface area (Å²) in [4.78, 5) is 19.2. The van der Waals surface area contributed by atoms with E-state index in [0.717, 1.165) is 31.4 Å². The van der Waals surface area contributed by atoms with Gasteiger partial charge in [-0.2, -0.15) is 0 Å². The van der Waals surface area contributed by atoms with E-state index in [1.165, 1.54) is 10.3 Å². The largest absolute Gasteiger partial charge is 0.450 e. The van der Waals surface area contributed by atoms with Crippen LogP contribution in [0.5, 0.6) is 0 Å². The van der Waals surface area contributed by atoms with Gasteiger partial charge in [0.2, 0.25) is 0 Å². The first-order chi connectivity index (χ1) is 10.8. The molecule has 1 aliphatic rings. The Hall–Kier alpha value is -1.75. The molecule has 1 aliphatic heterocycles. The Labute approximate surface area is 134 Å². The molecular formula is C17H20N2O2S. The minimum Gasteiger partial charge on any atom is -0.450 e. The van der Waals surface area contributed by atoms with Crippen LogP contribution in [-0.2, 0) is 4.74 Å². The normalized spacial score (nSPS) is 16.0. The number of hydrogen-bond acceptors (Lipinski definition) is 4. The SMILES string of the molecule is CCOC(=O)N1CCC(Sc2ccnc3ccccc23)CC1. The van der Waals surface area contributed by atoms with Crippen LogP contribution in [0.3, 0.4) is 0 Å². The maximum absolute atomic E-state index is 11.7. The molecule has 1 amide bonds. The molecule has 2 aromatic rings. The van der Waals surface area contributed by atoms with Gasteiger partial charge >= 0.3 is 6.09 Å². The summed E-state index contributed by atoms with van der Waals surface area (Å²) in [5, 5.41) is 1.75. The summed E-state index contributed by atoms with van der Waals surface area (Å²) in [7, 11) is 0. The second kappa shape index (κ2) is 7.01. The van der Waals surface area contributed by atoms with E-state index in [9.17, 15) is 4.79 Å². The van der Waals surface area contributed by atoms with E-state index in [4.69, 9.17) is 4.74 Å². The fourth-order valence-corrected chi connectivity index (χ4v) is 3.97. The molecule has 0 unspecified atom stereocenters. The Balaban J connectivity index is 1.64. The third-order valence-electron chi connectivity index (χ3n) is 3.87. The zero-order chi connectivity index (χ0) is 15.4. The third kappa shape index (κ3) is 3.35. The number of para-hydroxylation sites is 1. The first kappa shape index (κ1) is 15.2. The number of nitrogens with zero attached hydrogens (tertiary/aromatic N) is 2. The smallest absolute Gasteiger partial charge is 0.409 e. The number of piperidine rings is 1. The molecule has 0 spiro atoms. The Morgan fingerprint density at radius 2 is 2.09 bits per heavy atom. The first-order valence-corrected chi connectivity index (χ1v) is 8.58. The van der Waals surface area contributed by atoms with E-state index in [1.54, 1.807) is 0 Å². The summed E-state index contributed by atoms with van der Waals surface area (Å²) in [6, 6.07) is 10.3. The number of hydrogen-bond donors (Lipinski definition) is 0. The fraction of sp³-hybridized carbons (Fsp3) is 0.412. The molecule has 1 fully saturated rings. The van der Waals surface area contributed by atoms with Gasteiger partial charge in [-0.25, -0.2) is 4.79 Å². The van der Waals surface area contributed by atoms with Gasteiger partial charge in [0.05, 0.1) is 12.1 Å². The van der Waals surface area contributed by atoms with Gasteiger partial charge in [0.1, 0.15) is 0 Å². The van der Waals surface area contributed by atoms with Crippen molar-refractivity contribution in [1.29, 1.82) is 0 Å². The molecule has 0 saturated carbocycles. The number of likely N-dealkylation sites (tertiary alicyclic amines) is 1. The monoisotopic (exact) mass is 316 g/mol. The van der Waals surface area contributed by atoms with Crippen LogP contribution in [0, 0.1) is 0 Å². The zero-order valence-corrected chi connectivity index (χ0v) is 13.5. The predicted molar refractivity (Wildman–Crippen MR) is 89.2 cm³/mol. The molecule has 0 N–H and O–H groups in total. The van der Waals surface area contributed by atoms with E-state index < -0.39 is 0 Å². The molecule has 5 heteroatoms. The highest BCUT2D eigenvalue weighted by atomic mass is 32.2. The highest BCUT2D eigenvalue weighted by Gasteiger charge is 2.24. The van der Waals surface area contributed by atoms with Gasteiger partial charge in [-0.1, -0.05) is 18.2 Å². The standard InChI is InChI=1S/C17H20N2O2S/c1-2-21-17(20)19-11-8-13(9-12-19)22-16-7-10-18-15-6-4-3-5-14(15)16/h3-7,10,13H,2,8-9,11-12H2,1H3. The lowest BCUT2D eigenvalue weighted by molar-refractivity contribution is 0.100. The van der Waals surface area contributed by atoms with Crippen LogP contribution < -0.4 is 0 Å². The van der Waals surface area contributed by atoms with E-state index in [-0.39, 0.29) is 6.09 Å². The van der Waals surface area contributed by atoms with Gasteiger partial charge in [0.25, 0.3) is 0 Å². The van der Waals surface area contributed by atoms with Crippen molar-refractivity contribution in [1.82, 2.24) is 9.88 Å². The van der Waals surface area contributed by atoms with Crippen molar-refractivity contribution in [2.24, 2.45) is 0 Å². The summed E-state index contributed by atoms with van der Waals surface area (Å²) in [6.07, 6.45) is 3.69. The second-order valence-corrected chi connectivity index (χ2v) is 6.67. The molecule has 1 aromatic carbocycles.